The lowest BCUT2D eigenvalue weighted by molar-refractivity contribution is -0.586. The Labute approximate surface area is 127 Å². The van der Waals surface area contributed by atoms with Crippen molar-refractivity contribution in [3.63, 3.8) is 0 Å². The maximum atomic E-state index is 11.9. The largest absolute Gasteiger partial charge is 0.514 e. The molecule has 1 saturated heterocycles. The third kappa shape index (κ3) is 3.63. The van der Waals surface area contributed by atoms with Crippen molar-refractivity contribution >= 4 is 12.1 Å². The highest BCUT2D eigenvalue weighted by Crippen LogP contribution is 2.30. The van der Waals surface area contributed by atoms with Crippen LogP contribution >= 0.6 is 0 Å². The first-order valence-corrected chi connectivity index (χ1v) is 6.50. The molecule has 0 aromatic heterocycles. The molecular formula is C15H16O7. The molecule has 0 radical (unpaired) electrons. The predicted molar refractivity (Wildman–Crippen MR) is 73.1 cm³/mol. The van der Waals surface area contributed by atoms with Crippen LogP contribution in [0.3, 0.4) is 0 Å². The van der Waals surface area contributed by atoms with Crippen LogP contribution in [0.15, 0.2) is 43.0 Å². The van der Waals surface area contributed by atoms with Crippen molar-refractivity contribution in [2.75, 3.05) is 6.61 Å². The average Bonchev–Trinajstić information content (AvgIpc) is 2.45. The number of carbonyl (C=O) groups excluding carboxylic acids is 2. The maximum absolute atomic E-state index is 11.9. The first-order chi connectivity index (χ1) is 10.4. The van der Waals surface area contributed by atoms with Crippen LogP contribution in [0.25, 0.3) is 0 Å². The van der Waals surface area contributed by atoms with Gasteiger partial charge in [-0.2, -0.15) is 0 Å². The zero-order valence-electron chi connectivity index (χ0n) is 12.2. The van der Waals surface area contributed by atoms with Gasteiger partial charge in [-0.25, -0.2) is 14.5 Å². The molecule has 22 heavy (non-hydrogen) atoms. The number of carbonyl (C=O) groups is 2. The molecule has 1 aliphatic heterocycles. The van der Waals surface area contributed by atoms with E-state index in [1.807, 2.05) is 30.3 Å². The number of hydrogen-bond donors (Lipinski definition) is 0. The summed E-state index contributed by atoms with van der Waals surface area (Å²) in [6, 6.07) is 9.11. The van der Waals surface area contributed by atoms with E-state index in [0.717, 1.165) is 11.6 Å². The van der Waals surface area contributed by atoms with Gasteiger partial charge in [0.05, 0.1) is 0 Å². The van der Waals surface area contributed by atoms with E-state index in [1.165, 1.54) is 0 Å². The number of esters is 1. The van der Waals surface area contributed by atoms with Gasteiger partial charge in [0, 0.05) is 6.08 Å². The SMILES string of the molecule is C=CC(=O)OC1(OC(=O)OC(C)(C)c2ccccc2)COO1. The molecule has 0 amide bonds. The highest BCUT2D eigenvalue weighted by Gasteiger charge is 2.51. The second kappa shape index (κ2) is 6.17. The van der Waals surface area contributed by atoms with Gasteiger partial charge < -0.3 is 14.2 Å². The number of ether oxygens (including phenoxy) is 3. The summed E-state index contributed by atoms with van der Waals surface area (Å²) in [7, 11) is 0. The van der Waals surface area contributed by atoms with Crippen LogP contribution in [-0.2, 0) is 34.4 Å². The number of rotatable bonds is 5. The molecule has 1 aliphatic rings. The minimum Gasteiger partial charge on any atom is -0.423 e. The van der Waals surface area contributed by atoms with Gasteiger partial charge in [-0.1, -0.05) is 36.9 Å². The maximum Gasteiger partial charge on any atom is 0.514 e. The molecule has 0 aliphatic carbocycles. The highest BCUT2D eigenvalue weighted by atomic mass is 17.3. The van der Waals surface area contributed by atoms with E-state index in [0.29, 0.717) is 0 Å². The van der Waals surface area contributed by atoms with Crippen molar-refractivity contribution in [2.45, 2.75) is 25.4 Å². The van der Waals surface area contributed by atoms with Crippen LogP contribution in [0.1, 0.15) is 19.4 Å². The lowest BCUT2D eigenvalue weighted by atomic mass is 9.98. The molecular weight excluding hydrogens is 292 g/mol. The van der Waals surface area contributed by atoms with E-state index in [1.54, 1.807) is 13.8 Å². The van der Waals surface area contributed by atoms with Gasteiger partial charge in [0.2, 0.25) is 0 Å². The molecule has 1 aromatic carbocycles. The summed E-state index contributed by atoms with van der Waals surface area (Å²) < 4.78 is 14.9. The minimum absolute atomic E-state index is 0.257. The molecule has 0 spiro atoms. The van der Waals surface area contributed by atoms with E-state index >= 15 is 0 Å². The van der Waals surface area contributed by atoms with Gasteiger partial charge in [-0.3, -0.25) is 0 Å². The number of benzene rings is 1. The summed E-state index contributed by atoms with van der Waals surface area (Å²) >= 11 is 0. The van der Waals surface area contributed by atoms with Crippen molar-refractivity contribution in [3.8, 4) is 0 Å². The van der Waals surface area contributed by atoms with Crippen LogP contribution in [0, 0.1) is 0 Å². The fourth-order valence-electron chi connectivity index (χ4n) is 1.72. The highest BCUT2D eigenvalue weighted by molar-refractivity contribution is 5.81. The fraction of sp³-hybridized carbons (Fsp3) is 0.333. The van der Waals surface area contributed by atoms with Gasteiger partial charge in [-0.15, -0.1) is 4.89 Å². The molecule has 1 unspecified atom stereocenters. The average molecular weight is 308 g/mol. The summed E-state index contributed by atoms with van der Waals surface area (Å²) in [6.07, 6.45) is -0.152. The molecule has 0 N–H and O–H groups in total. The van der Waals surface area contributed by atoms with Gasteiger partial charge >= 0.3 is 18.1 Å². The zero-order valence-corrected chi connectivity index (χ0v) is 12.2. The number of hydrogen-bond acceptors (Lipinski definition) is 7. The van der Waals surface area contributed by atoms with Gasteiger partial charge in [0.15, 0.2) is 6.61 Å². The Hall–Kier alpha value is -2.38. The van der Waals surface area contributed by atoms with Gasteiger partial charge in [0.25, 0.3) is 0 Å². The molecule has 7 nitrogen and oxygen atoms in total. The molecule has 7 heteroatoms. The molecule has 0 bridgehead atoms. The van der Waals surface area contributed by atoms with Crippen molar-refractivity contribution in [2.24, 2.45) is 0 Å². The van der Waals surface area contributed by atoms with E-state index < -0.39 is 23.7 Å². The van der Waals surface area contributed by atoms with Crippen molar-refractivity contribution in [1.82, 2.24) is 0 Å². The third-order valence-corrected chi connectivity index (χ3v) is 2.89. The van der Waals surface area contributed by atoms with E-state index in [9.17, 15) is 9.59 Å². The van der Waals surface area contributed by atoms with Crippen molar-refractivity contribution in [3.05, 3.63) is 48.6 Å². The lowest BCUT2D eigenvalue weighted by Gasteiger charge is -2.36. The van der Waals surface area contributed by atoms with Crippen LogP contribution in [0.2, 0.25) is 0 Å². The quantitative estimate of drug-likeness (QED) is 0.357. The summed E-state index contributed by atoms with van der Waals surface area (Å²) in [5.41, 5.74) is -0.165. The van der Waals surface area contributed by atoms with Crippen LogP contribution < -0.4 is 0 Å². The fourth-order valence-corrected chi connectivity index (χ4v) is 1.72. The monoisotopic (exact) mass is 308 g/mol. The molecule has 1 fully saturated rings. The molecule has 1 heterocycles. The molecule has 0 saturated carbocycles. The zero-order chi connectivity index (χ0) is 16.2. The smallest absolute Gasteiger partial charge is 0.423 e. The second-order valence-electron chi connectivity index (χ2n) is 4.98. The Morgan fingerprint density at radius 2 is 1.91 bits per heavy atom. The van der Waals surface area contributed by atoms with Crippen LogP contribution in [0.5, 0.6) is 0 Å². The first-order valence-electron chi connectivity index (χ1n) is 6.50. The Morgan fingerprint density at radius 3 is 2.41 bits per heavy atom. The Morgan fingerprint density at radius 1 is 1.27 bits per heavy atom. The Balaban J connectivity index is 2.00. The normalized spacial score (nSPS) is 20.5. The Kier molecular flexibility index (Phi) is 4.48. The topological polar surface area (TPSA) is 80.3 Å². The predicted octanol–water partition coefficient (Wildman–Crippen LogP) is 2.42. The summed E-state index contributed by atoms with van der Waals surface area (Å²) in [5.74, 6) is -2.76. The molecule has 2 rings (SSSR count). The van der Waals surface area contributed by atoms with Crippen LogP contribution in [0.4, 0.5) is 4.79 Å². The van der Waals surface area contributed by atoms with Gasteiger partial charge in [-0.05, 0) is 19.4 Å². The summed E-state index contributed by atoms with van der Waals surface area (Å²) in [6.45, 7) is 6.38. The first kappa shape index (κ1) is 16.0. The standard InChI is InChI=1S/C15H16O7/c1-4-12(16)19-15(10-18-22-15)21-13(17)20-14(2,3)11-8-6-5-7-9-11/h4-9H,1,10H2,2-3H3. The third-order valence-electron chi connectivity index (χ3n) is 2.89. The summed E-state index contributed by atoms with van der Waals surface area (Å²) in [4.78, 5) is 32.1. The minimum atomic E-state index is -1.94. The van der Waals surface area contributed by atoms with E-state index in [4.69, 9.17) is 14.2 Å². The van der Waals surface area contributed by atoms with Gasteiger partial charge in [0.1, 0.15) is 5.60 Å². The lowest BCUT2D eigenvalue weighted by Crippen LogP contribution is -2.54. The van der Waals surface area contributed by atoms with Crippen LogP contribution in [-0.4, -0.2) is 24.7 Å². The van der Waals surface area contributed by atoms with E-state index in [2.05, 4.69) is 16.4 Å². The second-order valence-corrected chi connectivity index (χ2v) is 4.98. The Bertz CT molecular complexity index is 561. The van der Waals surface area contributed by atoms with Crippen molar-refractivity contribution in [1.29, 1.82) is 0 Å². The molecule has 1 atom stereocenters. The molecule has 1 aromatic rings. The molecule has 118 valence electrons. The van der Waals surface area contributed by atoms with Crippen molar-refractivity contribution < 1.29 is 33.6 Å². The summed E-state index contributed by atoms with van der Waals surface area (Å²) in [5, 5.41) is 0. The van der Waals surface area contributed by atoms with E-state index in [-0.39, 0.29) is 6.61 Å².